The molecule has 30 heteroatoms. The Labute approximate surface area is 450 Å². The van der Waals surface area contributed by atoms with Crippen LogP contribution in [0.15, 0.2) is 66.4 Å². The van der Waals surface area contributed by atoms with Gasteiger partial charge in [-0.05, 0) is 42.0 Å². The second-order valence-electron chi connectivity index (χ2n) is 18.9. The maximum Gasteiger partial charge on any atom is 0.330 e. The molecule has 438 valence electrons. The van der Waals surface area contributed by atoms with Crippen LogP contribution in [0.3, 0.4) is 0 Å². The number of carbonyl (C=O) groups is 3. The number of hydrogen-bond acceptors (Lipinski definition) is 29. The minimum atomic E-state index is -2.09. The Balaban J connectivity index is 1.05. The smallest absolute Gasteiger partial charge is 0.330 e. The molecule has 5 heterocycles. The van der Waals surface area contributed by atoms with Crippen LogP contribution in [0.4, 0.5) is 0 Å². The third kappa shape index (κ3) is 13.4. The number of hydrogen-bond donors (Lipinski definition) is 16. The number of benzene rings is 3. The molecular formula is C50H58O30. The van der Waals surface area contributed by atoms with Crippen molar-refractivity contribution < 1.29 is 148 Å². The van der Waals surface area contributed by atoms with Crippen LogP contribution in [-0.2, 0) is 52.3 Å². The van der Waals surface area contributed by atoms with E-state index in [0.29, 0.717) is 5.56 Å². The van der Waals surface area contributed by atoms with Crippen molar-refractivity contribution in [1.29, 1.82) is 0 Å². The third-order valence-electron chi connectivity index (χ3n) is 13.2. The predicted molar refractivity (Wildman–Crippen MR) is 255 cm³/mol. The fraction of sp³-hybridized carbons (Fsp3) is 0.500. The molecular weight excluding hydrogens is 1080 g/mol. The van der Waals surface area contributed by atoms with Gasteiger partial charge in [-0.2, -0.15) is 0 Å². The van der Waals surface area contributed by atoms with E-state index in [0.717, 1.165) is 30.3 Å². The van der Waals surface area contributed by atoms with Gasteiger partial charge in [-0.1, -0.05) is 18.2 Å². The van der Waals surface area contributed by atoms with Gasteiger partial charge in [0.25, 0.3) is 0 Å². The summed E-state index contributed by atoms with van der Waals surface area (Å²) < 4.78 is 62.8. The van der Waals surface area contributed by atoms with E-state index in [9.17, 15) is 91.0 Å². The van der Waals surface area contributed by atoms with Crippen LogP contribution in [0.25, 0.3) is 12.2 Å². The number of aliphatic hydroxyl groups is 12. The maximum atomic E-state index is 13.1. The van der Waals surface area contributed by atoms with Crippen LogP contribution < -0.4 is 14.2 Å². The predicted octanol–water partition coefficient (Wildman–Crippen LogP) is -4.79. The molecule has 1 unspecified atom stereocenters. The molecule has 4 saturated heterocycles. The number of carboxylic acid groups (broad SMARTS) is 1. The molecule has 5 aliphatic heterocycles. The van der Waals surface area contributed by atoms with Gasteiger partial charge in [-0.15, -0.1) is 0 Å². The summed E-state index contributed by atoms with van der Waals surface area (Å²) in [6, 6.07) is 11.3. The molecule has 0 bridgehead atoms. The molecule has 0 amide bonds. The van der Waals surface area contributed by atoms with Gasteiger partial charge in [0.2, 0.25) is 18.9 Å². The molecule has 30 nitrogen and oxygen atoms in total. The van der Waals surface area contributed by atoms with E-state index in [1.54, 1.807) is 0 Å². The highest BCUT2D eigenvalue weighted by Crippen LogP contribution is 2.47. The summed E-state index contributed by atoms with van der Waals surface area (Å²) in [6.45, 7) is -2.89. The second-order valence-corrected chi connectivity index (χ2v) is 18.9. The Morgan fingerprint density at radius 1 is 0.613 bits per heavy atom. The summed E-state index contributed by atoms with van der Waals surface area (Å²) in [6.07, 6.45) is -33.2. The minimum Gasteiger partial charge on any atom is -0.508 e. The zero-order valence-electron chi connectivity index (χ0n) is 41.4. The van der Waals surface area contributed by atoms with E-state index < -0.39 is 197 Å². The molecule has 0 radical (unpaired) electrons. The SMILES string of the molecule is O=C(O)CC(=O)OC[C@@H]1O[C@@H](Oc2cc(O)cc3c2C=C(O[C@@H]2O[C@H](COC(=O)/C=C/c4ccc(O[C@@H]5O[C@@H](CO)[C@@H](O)[C@H](O)[C@@H]5O)cc4)[C@@H](O)[C@@H](O)[C@@H]2O[C@H]2OC[C@@H](O)[C@@H](O)[C@H]2O)C(c2ccc(O)c(O)c2)O3)[C@@H](O)[C@H](O)[C@@H]1O. The number of aliphatic hydroxyl groups excluding tert-OH is 12. The van der Waals surface area contributed by atoms with Crippen LogP contribution in [0, 0.1) is 0 Å². The molecule has 16 N–H and O–H groups in total. The molecule has 0 aromatic heterocycles. The Kier molecular flexibility index (Phi) is 19.0. The summed E-state index contributed by atoms with van der Waals surface area (Å²) in [7, 11) is 0. The molecule has 20 atom stereocenters. The van der Waals surface area contributed by atoms with Crippen molar-refractivity contribution in [1.82, 2.24) is 0 Å². The molecule has 0 spiro atoms. The maximum absolute atomic E-state index is 13.1. The highest BCUT2D eigenvalue weighted by atomic mass is 16.8. The molecule has 0 saturated carbocycles. The zero-order valence-corrected chi connectivity index (χ0v) is 41.4. The van der Waals surface area contributed by atoms with E-state index in [1.807, 2.05) is 0 Å². The van der Waals surface area contributed by atoms with Gasteiger partial charge in [0, 0.05) is 23.8 Å². The number of aromatic hydroxyl groups is 3. The second kappa shape index (κ2) is 25.5. The number of phenolic OH excluding ortho intramolecular Hbond substituents is 3. The van der Waals surface area contributed by atoms with Gasteiger partial charge in [0.15, 0.2) is 30.0 Å². The number of phenols is 3. The van der Waals surface area contributed by atoms with Gasteiger partial charge >= 0.3 is 17.9 Å². The third-order valence-corrected chi connectivity index (χ3v) is 13.2. The molecule has 80 heavy (non-hydrogen) atoms. The largest absolute Gasteiger partial charge is 0.508 e. The lowest BCUT2D eigenvalue weighted by Gasteiger charge is -2.45. The van der Waals surface area contributed by atoms with Crippen LogP contribution >= 0.6 is 0 Å². The molecule has 8 rings (SSSR count). The van der Waals surface area contributed by atoms with E-state index in [-0.39, 0.29) is 28.4 Å². The number of ether oxygens (including phenoxy) is 11. The van der Waals surface area contributed by atoms with E-state index in [4.69, 9.17) is 57.2 Å². The van der Waals surface area contributed by atoms with Crippen molar-refractivity contribution >= 4 is 30.1 Å². The van der Waals surface area contributed by atoms with Gasteiger partial charge in [-0.25, -0.2) is 4.79 Å². The lowest BCUT2D eigenvalue weighted by atomic mass is 9.97. The van der Waals surface area contributed by atoms with Crippen molar-refractivity contribution in [3.63, 3.8) is 0 Å². The highest BCUT2D eigenvalue weighted by molar-refractivity contribution is 5.90. The summed E-state index contributed by atoms with van der Waals surface area (Å²) in [5, 5.41) is 167. The topological polar surface area (TPSA) is 476 Å². The van der Waals surface area contributed by atoms with Crippen LogP contribution in [-0.4, -0.2) is 243 Å². The number of esters is 2. The van der Waals surface area contributed by atoms with Crippen molar-refractivity contribution in [2.75, 3.05) is 26.4 Å². The number of carbonyl (C=O) groups excluding carboxylic acids is 2. The Morgan fingerprint density at radius 3 is 1.89 bits per heavy atom. The van der Waals surface area contributed by atoms with Crippen LogP contribution in [0.1, 0.15) is 29.2 Å². The lowest BCUT2D eigenvalue weighted by Crippen LogP contribution is -2.63. The summed E-state index contributed by atoms with van der Waals surface area (Å²) >= 11 is 0. The first-order chi connectivity index (χ1) is 38.0. The highest BCUT2D eigenvalue weighted by Gasteiger charge is 2.52. The first-order valence-corrected chi connectivity index (χ1v) is 24.4. The van der Waals surface area contributed by atoms with Crippen LogP contribution in [0.5, 0.6) is 34.5 Å². The van der Waals surface area contributed by atoms with Gasteiger partial charge < -0.3 is 134 Å². The Bertz CT molecular complexity index is 2700. The van der Waals surface area contributed by atoms with Gasteiger partial charge in [0.1, 0.15) is 134 Å². The number of fused-ring (bicyclic) bond motifs is 1. The average Bonchev–Trinajstić information content (AvgIpc) is 3.44. The molecule has 3 aromatic rings. The first-order valence-electron chi connectivity index (χ1n) is 24.4. The normalized spacial score (nSPS) is 35.2. The van der Waals surface area contributed by atoms with Gasteiger partial charge in [0.05, 0.1) is 18.8 Å². The van der Waals surface area contributed by atoms with Crippen molar-refractivity contribution in [2.45, 2.75) is 129 Å². The Morgan fingerprint density at radius 2 is 1.23 bits per heavy atom. The summed E-state index contributed by atoms with van der Waals surface area (Å²) in [5.74, 6) is -6.41. The lowest BCUT2D eigenvalue weighted by molar-refractivity contribution is -0.352. The number of rotatable bonds is 18. The van der Waals surface area contributed by atoms with Crippen molar-refractivity contribution in [2.24, 2.45) is 0 Å². The van der Waals surface area contributed by atoms with E-state index in [2.05, 4.69) is 0 Å². The van der Waals surface area contributed by atoms with Gasteiger partial charge in [-0.3, -0.25) is 9.59 Å². The van der Waals surface area contributed by atoms with Crippen molar-refractivity contribution in [3.05, 3.63) is 83.1 Å². The summed E-state index contributed by atoms with van der Waals surface area (Å²) in [5.41, 5.74) is 0.274. The average molecular weight is 1140 g/mol. The van der Waals surface area contributed by atoms with Crippen molar-refractivity contribution in [3.8, 4) is 34.5 Å². The number of aliphatic carboxylic acids is 1. The van der Waals surface area contributed by atoms with Crippen LogP contribution in [0.2, 0.25) is 0 Å². The fourth-order valence-electron chi connectivity index (χ4n) is 8.79. The minimum absolute atomic E-state index is 0.0247. The summed E-state index contributed by atoms with van der Waals surface area (Å²) in [4.78, 5) is 36.1. The zero-order chi connectivity index (χ0) is 57.9. The molecule has 3 aromatic carbocycles. The quantitative estimate of drug-likeness (QED) is 0.0246. The van der Waals surface area contributed by atoms with E-state index >= 15 is 0 Å². The molecule has 5 aliphatic rings. The standard InChI is InChI=1S/C50H58O30/c51-14-29-36(61)39(64)43(68)48(77-29)73-21-5-1-18(2-6-21)3-8-33(58)70-16-31-38(63)41(66)46(80-47-42(67)35(60)25(55)15-72-47)50(79-31)76-28-12-22-26(74-45(28)19-4-7-23(53)24(54)9-19)10-20(52)11-27(22)75-49-44(69)40(65)37(62)30(78-49)17-71-34(59)13-32(56)57/h1-12,25,29-31,35-55,60-69H,13-17H2,(H,56,57)/b8-3+/t25-,29+,30+,31-,35-,36-,37-,38-,39+,40-,41-,42-,43+,44+,45?,46+,47-,48-,49-,50-/m1/s1. The first kappa shape index (κ1) is 59.6. The number of carboxylic acids is 1. The molecule has 4 fully saturated rings. The van der Waals surface area contributed by atoms with E-state index in [1.165, 1.54) is 42.5 Å². The Hall–Kier alpha value is -6.53. The fourth-order valence-corrected chi connectivity index (χ4v) is 8.79. The molecule has 0 aliphatic carbocycles. The monoisotopic (exact) mass is 1140 g/mol.